The van der Waals surface area contributed by atoms with Gasteiger partial charge in [0.2, 0.25) is 5.91 Å². The first-order valence-electron chi connectivity index (χ1n) is 13.9. The zero-order valence-electron chi connectivity index (χ0n) is 24.3. The summed E-state index contributed by atoms with van der Waals surface area (Å²) in [6.07, 6.45) is -0.0267. The second kappa shape index (κ2) is 11.7. The quantitative estimate of drug-likeness (QED) is 0.326. The second-order valence-electron chi connectivity index (χ2n) is 12.6. The summed E-state index contributed by atoms with van der Waals surface area (Å²) >= 11 is 0. The van der Waals surface area contributed by atoms with Gasteiger partial charge in [0, 0.05) is 6.42 Å². The Morgan fingerprint density at radius 2 is 1.40 bits per heavy atom. The second-order valence-corrected chi connectivity index (χ2v) is 16.9. The minimum absolute atomic E-state index is 0.139. The SMILES string of the molecule is CC(C)(C)OC(=O)N1C(=O)C[C@H](c2ccc(F)cc2)C[C@H]1CO[Si](c1ccccc1)(c1ccccc1)C(C)(C)C. The highest BCUT2D eigenvalue weighted by atomic mass is 28.4. The number of imide groups is 1. The van der Waals surface area contributed by atoms with E-state index >= 15 is 0 Å². The van der Waals surface area contributed by atoms with E-state index in [-0.39, 0.29) is 35.7 Å². The Morgan fingerprint density at radius 3 is 1.88 bits per heavy atom. The molecule has 1 heterocycles. The Hall–Kier alpha value is -3.29. The highest BCUT2D eigenvalue weighted by molar-refractivity contribution is 6.99. The number of amides is 2. The zero-order valence-corrected chi connectivity index (χ0v) is 25.3. The van der Waals surface area contributed by atoms with Gasteiger partial charge in [0.05, 0.1) is 12.6 Å². The molecule has 212 valence electrons. The molecule has 0 spiro atoms. The first kappa shape index (κ1) is 29.7. The van der Waals surface area contributed by atoms with E-state index in [2.05, 4.69) is 45.0 Å². The van der Waals surface area contributed by atoms with Crippen molar-refractivity contribution in [1.82, 2.24) is 4.90 Å². The van der Waals surface area contributed by atoms with Crippen molar-refractivity contribution in [3.05, 3.63) is 96.3 Å². The van der Waals surface area contributed by atoms with Crippen LogP contribution >= 0.6 is 0 Å². The van der Waals surface area contributed by atoms with Crippen LogP contribution in [-0.2, 0) is 14.0 Å². The zero-order chi connectivity index (χ0) is 29.1. The number of rotatable bonds is 6. The van der Waals surface area contributed by atoms with Gasteiger partial charge in [0.15, 0.2) is 0 Å². The van der Waals surface area contributed by atoms with Crippen LogP contribution < -0.4 is 10.4 Å². The van der Waals surface area contributed by atoms with Gasteiger partial charge < -0.3 is 9.16 Å². The van der Waals surface area contributed by atoms with E-state index in [1.54, 1.807) is 32.9 Å². The monoisotopic (exact) mass is 561 g/mol. The van der Waals surface area contributed by atoms with Crippen molar-refractivity contribution < 1.29 is 23.1 Å². The summed E-state index contributed by atoms with van der Waals surface area (Å²) in [6.45, 7) is 12.1. The minimum atomic E-state index is -2.91. The van der Waals surface area contributed by atoms with Gasteiger partial charge in [-0.05, 0) is 66.2 Å². The molecule has 4 rings (SSSR count). The fourth-order valence-electron chi connectivity index (χ4n) is 5.71. The normalized spacial score (nSPS) is 18.5. The Morgan fingerprint density at radius 1 is 0.875 bits per heavy atom. The molecule has 0 bridgehead atoms. The number of benzene rings is 3. The van der Waals surface area contributed by atoms with Crippen molar-refractivity contribution in [3.8, 4) is 0 Å². The summed E-state index contributed by atoms with van der Waals surface area (Å²) in [6, 6.07) is 26.3. The highest BCUT2D eigenvalue weighted by Crippen LogP contribution is 2.39. The molecule has 40 heavy (non-hydrogen) atoms. The predicted molar refractivity (Wildman–Crippen MR) is 159 cm³/mol. The number of carbonyl (C=O) groups excluding carboxylic acids is 2. The van der Waals surface area contributed by atoms with E-state index in [9.17, 15) is 14.0 Å². The standard InChI is InChI=1S/C33H40FNO4Si/c1-32(2,3)39-31(37)35-27(21-25(22-30(35)36)24-17-19-26(34)20-18-24)23-38-40(33(4,5)6,28-13-9-7-10-14-28)29-15-11-8-12-16-29/h7-20,25,27H,21-23H2,1-6H3/t25-,27+/m1/s1. The molecule has 1 aliphatic rings. The molecule has 7 heteroatoms. The van der Waals surface area contributed by atoms with E-state index in [0.717, 1.165) is 15.9 Å². The molecule has 2 amide bonds. The molecule has 0 unspecified atom stereocenters. The van der Waals surface area contributed by atoms with Crippen LogP contribution in [0.25, 0.3) is 0 Å². The fraction of sp³-hybridized carbons (Fsp3) is 0.394. The minimum Gasteiger partial charge on any atom is -0.443 e. The van der Waals surface area contributed by atoms with Crippen LogP contribution in [-0.4, -0.2) is 43.5 Å². The Kier molecular flexibility index (Phi) is 8.66. The average molecular weight is 562 g/mol. The molecular formula is C33H40FNO4Si. The van der Waals surface area contributed by atoms with Gasteiger partial charge in [0.1, 0.15) is 11.4 Å². The molecule has 0 radical (unpaired) electrons. The van der Waals surface area contributed by atoms with Crippen molar-refractivity contribution in [3.63, 3.8) is 0 Å². The van der Waals surface area contributed by atoms with Crippen LogP contribution in [0.2, 0.25) is 5.04 Å². The first-order valence-corrected chi connectivity index (χ1v) is 15.8. The van der Waals surface area contributed by atoms with Crippen molar-refractivity contribution in [2.75, 3.05) is 6.61 Å². The van der Waals surface area contributed by atoms with Gasteiger partial charge in [-0.15, -0.1) is 0 Å². The third-order valence-electron chi connectivity index (χ3n) is 7.45. The fourth-order valence-corrected chi connectivity index (χ4v) is 10.3. The number of carbonyl (C=O) groups is 2. The molecule has 1 fully saturated rings. The van der Waals surface area contributed by atoms with E-state index in [0.29, 0.717) is 6.42 Å². The van der Waals surface area contributed by atoms with Crippen LogP contribution in [0.1, 0.15) is 65.9 Å². The molecular weight excluding hydrogens is 521 g/mol. The Bertz CT molecular complexity index is 1260. The lowest BCUT2D eigenvalue weighted by molar-refractivity contribution is -0.136. The number of hydrogen-bond acceptors (Lipinski definition) is 4. The molecule has 5 nitrogen and oxygen atoms in total. The number of halogens is 1. The number of likely N-dealkylation sites (tertiary alicyclic amines) is 1. The topological polar surface area (TPSA) is 55.8 Å². The lowest BCUT2D eigenvalue weighted by Crippen LogP contribution is -2.67. The molecule has 0 N–H and O–H groups in total. The van der Waals surface area contributed by atoms with Crippen molar-refractivity contribution in [2.24, 2.45) is 0 Å². The first-order chi connectivity index (χ1) is 18.8. The number of nitrogens with zero attached hydrogens (tertiary/aromatic N) is 1. The van der Waals surface area contributed by atoms with Gasteiger partial charge in [0.25, 0.3) is 8.32 Å². The molecule has 1 aliphatic heterocycles. The molecule has 3 aromatic carbocycles. The third-order valence-corrected chi connectivity index (χ3v) is 12.5. The van der Waals surface area contributed by atoms with Crippen LogP contribution in [0.5, 0.6) is 0 Å². The molecule has 3 aromatic rings. The van der Waals surface area contributed by atoms with E-state index in [4.69, 9.17) is 9.16 Å². The Balaban J connectivity index is 1.75. The van der Waals surface area contributed by atoms with Crippen LogP contribution in [0.3, 0.4) is 0 Å². The number of hydrogen-bond donors (Lipinski definition) is 0. The number of ether oxygens (including phenoxy) is 1. The smallest absolute Gasteiger partial charge is 0.417 e. The summed E-state index contributed by atoms with van der Waals surface area (Å²) < 4.78 is 26.5. The summed E-state index contributed by atoms with van der Waals surface area (Å²) in [4.78, 5) is 28.2. The van der Waals surface area contributed by atoms with Crippen LogP contribution in [0.4, 0.5) is 9.18 Å². The summed E-state index contributed by atoms with van der Waals surface area (Å²) in [5, 5.41) is 1.98. The van der Waals surface area contributed by atoms with Gasteiger partial charge in [-0.25, -0.2) is 14.1 Å². The van der Waals surface area contributed by atoms with Crippen LogP contribution in [0, 0.1) is 5.82 Å². The maximum absolute atomic E-state index is 13.7. The van der Waals surface area contributed by atoms with Crippen molar-refractivity contribution in [1.29, 1.82) is 0 Å². The maximum Gasteiger partial charge on any atom is 0.417 e. The van der Waals surface area contributed by atoms with Gasteiger partial charge >= 0.3 is 6.09 Å². The molecule has 2 atom stereocenters. The highest BCUT2D eigenvalue weighted by Gasteiger charge is 2.51. The lowest BCUT2D eigenvalue weighted by Gasteiger charge is -2.45. The largest absolute Gasteiger partial charge is 0.443 e. The van der Waals surface area contributed by atoms with E-state index in [1.165, 1.54) is 17.0 Å². The summed E-state index contributed by atoms with van der Waals surface area (Å²) in [5.74, 6) is -0.807. The molecule has 0 saturated carbocycles. The van der Waals surface area contributed by atoms with Gasteiger partial charge in [-0.2, -0.15) is 0 Å². The van der Waals surface area contributed by atoms with E-state index < -0.39 is 26.1 Å². The lowest BCUT2D eigenvalue weighted by atomic mass is 9.85. The van der Waals surface area contributed by atoms with Crippen LogP contribution in [0.15, 0.2) is 84.9 Å². The number of piperidine rings is 1. The van der Waals surface area contributed by atoms with E-state index in [1.807, 2.05) is 36.4 Å². The van der Waals surface area contributed by atoms with Gasteiger partial charge in [-0.1, -0.05) is 93.6 Å². The molecule has 0 aliphatic carbocycles. The maximum atomic E-state index is 13.7. The average Bonchev–Trinajstić information content (AvgIpc) is 2.88. The van der Waals surface area contributed by atoms with Gasteiger partial charge in [-0.3, -0.25) is 4.79 Å². The predicted octanol–water partition coefficient (Wildman–Crippen LogP) is 6.41. The molecule has 0 aromatic heterocycles. The molecule has 1 saturated heterocycles. The Labute approximate surface area is 238 Å². The third kappa shape index (κ3) is 6.37. The summed E-state index contributed by atoms with van der Waals surface area (Å²) in [5.41, 5.74) is 0.114. The summed E-state index contributed by atoms with van der Waals surface area (Å²) in [7, 11) is -2.91. The van der Waals surface area contributed by atoms with Crippen molar-refractivity contribution >= 4 is 30.7 Å². The van der Waals surface area contributed by atoms with Crippen molar-refractivity contribution in [2.45, 2.75) is 77.0 Å².